The van der Waals surface area contributed by atoms with Gasteiger partial charge in [0.1, 0.15) is 12.8 Å². The van der Waals surface area contributed by atoms with Gasteiger partial charge in [0.15, 0.2) is 5.82 Å². The molecule has 1 N–H and O–H groups in total. The number of anilines is 1. The van der Waals surface area contributed by atoms with E-state index in [0.29, 0.717) is 17.9 Å². The molecule has 0 aliphatic heterocycles. The Morgan fingerprint density at radius 1 is 1.22 bits per heavy atom. The van der Waals surface area contributed by atoms with Crippen LogP contribution < -0.4 is 5.32 Å². The second-order valence-corrected chi connectivity index (χ2v) is 5.88. The molecule has 2 rings (SSSR count). The lowest BCUT2D eigenvalue weighted by molar-refractivity contribution is -0.117. The molecule has 122 valence electrons. The number of benzene rings is 1. The molecule has 0 aliphatic rings. The Balaban J connectivity index is 2.07. The number of hydrogen-bond donors (Lipinski definition) is 1. The number of amides is 2. The minimum Gasteiger partial charge on any atom is -0.363 e. The van der Waals surface area contributed by atoms with Crippen LogP contribution in [-0.2, 0) is 4.79 Å². The fraction of sp³-hybridized carbons (Fsp3) is 0.353. The van der Waals surface area contributed by atoms with E-state index in [0.717, 1.165) is 5.56 Å². The number of nitrogens with one attached hydrogen (secondary N) is 1. The van der Waals surface area contributed by atoms with Crippen LogP contribution in [0.4, 0.5) is 5.82 Å². The highest BCUT2D eigenvalue weighted by Crippen LogP contribution is 2.10. The topological polar surface area (TPSA) is 75.4 Å². The average Bonchev–Trinajstić information content (AvgIpc) is 2.99. The Bertz CT molecular complexity index is 648. The van der Waals surface area contributed by atoms with E-state index < -0.39 is 0 Å². The van der Waals surface area contributed by atoms with Gasteiger partial charge in [-0.25, -0.2) is 0 Å². The van der Waals surface area contributed by atoms with Gasteiger partial charge < -0.3 is 14.7 Å². The van der Waals surface area contributed by atoms with Crippen LogP contribution >= 0.6 is 0 Å². The summed E-state index contributed by atoms with van der Waals surface area (Å²) >= 11 is 0. The van der Waals surface area contributed by atoms with Crippen LogP contribution in [0, 0.1) is 12.8 Å². The number of carbonyl (C=O) groups excluding carboxylic acids is 2. The molecular weight excluding hydrogens is 294 g/mol. The van der Waals surface area contributed by atoms with Gasteiger partial charge in [-0.15, -0.1) is 0 Å². The molecule has 6 nitrogen and oxygen atoms in total. The molecule has 0 radical (unpaired) electrons. The Labute approximate surface area is 135 Å². The second kappa shape index (κ2) is 7.58. The van der Waals surface area contributed by atoms with Gasteiger partial charge in [-0.2, -0.15) is 0 Å². The maximum absolute atomic E-state index is 12.6. The largest absolute Gasteiger partial charge is 0.363 e. The van der Waals surface area contributed by atoms with Crippen molar-refractivity contribution in [3.63, 3.8) is 0 Å². The Morgan fingerprint density at radius 3 is 2.48 bits per heavy atom. The van der Waals surface area contributed by atoms with Crippen LogP contribution in [0.3, 0.4) is 0 Å². The van der Waals surface area contributed by atoms with Gasteiger partial charge in [0.05, 0.1) is 0 Å². The van der Waals surface area contributed by atoms with Crippen LogP contribution in [0.1, 0.15) is 29.8 Å². The van der Waals surface area contributed by atoms with Crippen LogP contribution in [0.25, 0.3) is 0 Å². The van der Waals surface area contributed by atoms with E-state index >= 15 is 0 Å². The molecule has 2 amide bonds. The lowest BCUT2D eigenvalue weighted by Crippen LogP contribution is -2.40. The summed E-state index contributed by atoms with van der Waals surface area (Å²) in [5.74, 6) is 0.126. The number of aryl methyl sites for hydroxylation is 1. The summed E-state index contributed by atoms with van der Waals surface area (Å²) < 4.78 is 4.67. The van der Waals surface area contributed by atoms with Gasteiger partial charge in [-0.3, -0.25) is 9.59 Å². The molecule has 0 saturated carbocycles. The number of nitrogens with zero attached hydrogens (tertiary/aromatic N) is 2. The normalized spacial score (nSPS) is 10.6. The molecule has 23 heavy (non-hydrogen) atoms. The van der Waals surface area contributed by atoms with E-state index in [9.17, 15) is 9.59 Å². The second-order valence-electron chi connectivity index (χ2n) is 5.88. The Hall–Kier alpha value is -2.63. The van der Waals surface area contributed by atoms with Crippen molar-refractivity contribution in [2.75, 3.05) is 18.4 Å². The van der Waals surface area contributed by atoms with Gasteiger partial charge in [0, 0.05) is 18.2 Å². The molecule has 0 bridgehead atoms. The van der Waals surface area contributed by atoms with E-state index in [1.807, 2.05) is 32.9 Å². The third-order valence-corrected chi connectivity index (χ3v) is 3.21. The first-order valence-corrected chi connectivity index (χ1v) is 7.52. The highest BCUT2D eigenvalue weighted by atomic mass is 16.5. The number of rotatable bonds is 6. The molecule has 0 fully saturated rings. The quantitative estimate of drug-likeness (QED) is 0.889. The highest BCUT2D eigenvalue weighted by molar-refractivity contribution is 5.99. The van der Waals surface area contributed by atoms with Crippen LogP contribution in [-0.4, -0.2) is 35.0 Å². The lowest BCUT2D eigenvalue weighted by atomic mass is 10.1. The molecule has 6 heteroatoms. The van der Waals surface area contributed by atoms with Crippen molar-refractivity contribution < 1.29 is 14.1 Å². The molecule has 0 atom stereocenters. The fourth-order valence-corrected chi connectivity index (χ4v) is 2.17. The highest BCUT2D eigenvalue weighted by Gasteiger charge is 2.20. The smallest absolute Gasteiger partial charge is 0.254 e. The third kappa shape index (κ3) is 4.95. The lowest BCUT2D eigenvalue weighted by Gasteiger charge is -2.24. The monoisotopic (exact) mass is 315 g/mol. The van der Waals surface area contributed by atoms with Crippen molar-refractivity contribution in [1.29, 1.82) is 0 Å². The van der Waals surface area contributed by atoms with E-state index in [4.69, 9.17) is 0 Å². The van der Waals surface area contributed by atoms with Gasteiger partial charge in [0.2, 0.25) is 5.91 Å². The van der Waals surface area contributed by atoms with Gasteiger partial charge in [-0.05, 0) is 25.0 Å². The van der Waals surface area contributed by atoms with Crippen LogP contribution in [0.5, 0.6) is 0 Å². The van der Waals surface area contributed by atoms with Crippen molar-refractivity contribution in [1.82, 2.24) is 10.1 Å². The molecule has 1 heterocycles. The minimum atomic E-state index is -0.306. The first kappa shape index (κ1) is 16.7. The predicted octanol–water partition coefficient (Wildman–Crippen LogP) is 2.72. The predicted molar refractivity (Wildman–Crippen MR) is 87.1 cm³/mol. The SMILES string of the molecule is Cc1ccc(C(=O)N(CC(=O)Nc2ccon2)CC(C)C)cc1. The summed E-state index contributed by atoms with van der Waals surface area (Å²) in [5, 5.41) is 6.23. The van der Waals surface area contributed by atoms with Crippen LogP contribution in [0.15, 0.2) is 41.1 Å². The Kier molecular flexibility index (Phi) is 5.51. The first-order chi connectivity index (χ1) is 11.0. The molecule has 0 aliphatic carbocycles. The maximum atomic E-state index is 12.6. The molecule has 0 saturated heterocycles. The first-order valence-electron chi connectivity index (χ1n) is 7.52. The minimum absolute atomic E-state index is 0.0300. The number of hydrogen-bond acceptors (Lipinski definition) is 4. The molecule has 0 unspecified atom stereocenters. The summed E-state index contributed by atoms with van der Waals surface area (Å²) in [7, 11) is 0. The van der Waals surface area contributed by atoms with Crippen molar-refractivity contribution in [3.05, 3.63) is 47.7 Å². The number of carbonyl (C=O) groups is 2. The molecular formula is C17H21N3O3. The van der Waals surface area contributed by atoms with Gasteiger partial charge in [0.25, 0.3) is 5.91 Å². The fourth-order valence-electron chi connectivity index (χ4n) is 2.17. The maximum Gasteiger partial charge on any atom is 0.254 e. The molecule has 0 spiro atoms. The zero-order valence-electron chi connectivity index (χ0n) is 13.6. The van der Waals surface area contributed by atoms with Crippen molar-refractivity contribution in [2.24, 2.45) is 5.92 Å². The summed E-state index contributed by atoms with van der Waals surface area (Å²) in [4.78, 5) is 26.3. The summed E-state index contributed by atoms with van der Waals surface area (Å²) in [6.45, 7) is 6.44. The molecule has 1 aromatic heterocycles. The summed E-state index contributed by atoms with van der Waals surface area (Å²) in [6, 6.07) is 8.88. The van der Waals surface area contributed by atoms with E-state index in [-0.39, 0.29) is 24.3 Å². The van der Waals surface area contributed by atoms with Crippen molar-refractivity contribution in [2.45, 2.75) is 20.8 Å². The van der Waals surface area contributed by atoms with E-state index in [2.05, 4.69) is 15.0 Å². The molecule has 2 aromatic rings. The van der Waals surface area contributed by atoms with E-state index in [1.165, 1.54) is 6.26 Å². The average molecular weight is 315 g/mol. The van der Waals surface area contributed by atoms with E-state index in [1.54, 1.807) is 23.1 Å². The van der Waals surface area contributed by atoms with Crippen molar-refractivity contribution >= 4 is 17.6 Å². The summed E-state index contributed by atoms with van der Waals surface area (Å²) in [6.07, 6.45) is 1.37. The summed E-state index contributed by atoms with van der Waals surface area (Å²) in [5.41, 5.74) is 1.66. The zero-order valence-corrected chi connectivity index (χ0v) is 13.6. The zero-order chi connectivity index (χ0) is 16.8. The van der Waals surface area contributed by atoms with Crippen LogP contribution in [0.2, 0.25) is 0 Å². The van der Waals surface area contributed by atoms with Gasteiger partial charge in [-0.1, -0.05) is 36.7 Å². The standard InChI is InChI=1S/C17H21N3O3/c1-12(2)10-20(11-16(21)18-15-8-9-23-19-15)17(22)14-6-4-13(3)5-7-14/h4-9,12H,10-11H2,1-3H3,(H,18,19,21). The van der Waals surface area contributed by atoms with Gasteiger partial charge >= 0.3 is 0 Å². The third-order valence-electron chi connectivity index (χ3n) is 3.21. The number of aromatic nitrogens is 1. The Morgan fingerprint density at radius 2 is 1.91 bits per heavy atom. The van der Waals surface area contributed by atoms with Crippen molar-refractivity contribution in [3.8, 4) is 0 Å². The molecule has 1 aromatic carbocycles.